The SMILES string of the molecule is CC(C)(O)C1CN(c2ccc(Nc3ccc(-c4cnc5cnccn45)c4c3C(=O)NC4)nc2)CCO1. The van der Waals surface area contributed by atoms with E-state index in [2.05, 4.69) is 30.5 Å². The molecule has 6 rings (SSSR count). The predicted octanol–water partition coefficient (Wildman–Crippen LogP) is 2.75. The van der Waals surface area contributed by atoms with E-state index >= 15 is 0 Å². The molecule has 0 bridgehead atoms. The molecule has 1 saturated heterocycles. The molecule has 1 unspecified atom stereocenters. The monoisotopic (exact) mass is 485 g/mol. The smallest absolute Gasteiger partial charge is 0.254 e. The molecule has 0 saturated carbocycles. The number of ether oxygens (including phenoxy) is 1. The Hall–Kier alpha value is -4.02. The molecule has 1 amide bonds. The van der Waals surface area contributed by atoms with Gasteiger partial charge >= 0.3 is 0 Å². The first-order valence-electron chi connectivity index (χ1n) is 11.9. The number of carbonyl (C=O) groups is 1. The number of nitrogens with one attached hydrogen (secondary N) is 2. The third kappa shape index (κ3) is 3.94. The van der Waals surface area contributed by atoms with Gasteiger partial charge in [0.1, 0.15) is 11.9 Å². The lowest BCUT2D eigenvalue weighted by Gasteiger charge is -2.39. The van der Waals surface area contributed by atoms with E-state index in [0.717, 1.165) is 34.7 Å². The van der Waals surface area contributed by atoms with E-state index in [9.17, 15) is 9.90 Å². The van der Waals surface area contributed by atoms with Crippen molar-refractivity contribution in [2.75, 3.05) is 29.9 Å². The summed E-state index contributed by atoms with van der Waals surface area (Å²) in [5.74, 6) is 0.522. The van der Waals surface area contributed by atoms with Crippen LogP contribution in [0.2, 0.25) is 0 Å². The van der Waals surface area contributed by atoms with E-state index in [1.54, 1.807) is 38.6 Å². The van der Waals surface area contributed by atoms with Crippen LogP contribution >= 0.6 is 0 Å². The molecule has 2 aliphatic heterocycles. The summed E-state index contributed by atoms with van der Waals surface area (Å²) in [5.41, 5.74) is 4.88. The van der Waals surface area contributed by atoms with Gasteiger partial charge in [0.15, 0.2) is 5.65 Å². The minimum atomic E-state index is -0.916. The molecule has 184 valence electrons. The van der Waals surface area contributed by atoms with Crippen LogP contribution in [0.1, 0.15) is 29.8 Å². The molecule has 0 spiro atoms. The summed E-state index contributed by atoms with van der Waals surface area (Å²) in [6.45, 7) is 5.84. The van der Waals surface area contributed by atoms with Gasteiger partial charge in [-0.2, -0.15) is 0 Å². The van der Waals surface area contributed by atoms with Crippen molar-refractivity contribution in [3.8, 4) is 11.3 Å². The molecule has 4 aromatic rings. The van der Waals surface area contributed by atoms with Gasteiger partial charge in [-0.05, 0) is 37.6 Å². The highest BCUT2D eigenvalue weighted by atomic mass is 16.5. The van der Waals surface area contributed by atoms with E-state index in [4.69, 9.17) is 4.74 Å². The number of benzene rings is 1. The highest BCUT2D eigenvalue weighted by Gasteiger charge is 2.33. The van der Waals surface area contributed by atoms with E-state index in [1.807, 2.05) is 34.9 Å². The Labute approximate surface area is 208 Å². The van der Waals surface area contributed by atoms with Crippen molar-refractivity contribution in [2.24, 2.45) is 0 Å². The Bertz CT molecular complexity index is 1440. The second-order valence-corrected chi connectivity index (χ2v) is 9.63. The number of fused-ring (bicyclic) bond motifs is 2. The maximum absolute atomic E-state index is 12.8. The van der Waals surface area contributed by atoms with Gasteiger partial charge < -0.3 is 25.4 Å². The van der Waals surface area contributed by atoms with Crippen molar-refractivity contribution in [3.63, 3.8) is 0 Å². The maximum Gasteiger partial charge on any atom is 0.254 e. The molecule has 3 aromatic heterocycles. The first-order valence-corrected chi connectivity index (χ1v) is 11.9. The summed E-state index contributed by atoms with van der Waals surface area (Å²) >= 11 is 0. The van der Waals surface area contributed by atoms with Crippen molar-refractivity contribution >= 4 is 28.7 Å². The number of hydrogen-bond donors (Lipinski definition) is 3. The highest BCUT2D eigenvalue weighted by Crippen LogP contribution is 2.35. The number of amides is 1. The molecule has 36 heavy (non-hydrogen) atoms. The Morgan fingerprint density at radius 3 is 2.86 bits per heavy atom. The second-order valence-electron chi connectivity index (χ2n) is 9.63. The minimum Gasteiger partial charge on any atom is -0.388 e. The van der Waals surface area contributed by atoms with Crippen LogP contribution in [0.3, 0.4) is 0 Å². The van der Waals surface area contributed by atoms with Gasteiger partial charge in [0.2, 0.25) is 0 Å². The number of hydrogen-bond acceptors (Lipinski definition) is 8. The van der Waals surface area contributed by atoms with Crippen LogP contribution in [0.5, 0.6) is 0 Å². The van der Waals surface area contributed by atoms with Crippen LogP contribution in [-0.2, 0) is 11.3 Å². The van der Waals surface area contributed by atoms with Gasteiger partial charge in [0.05, 0.1) is 53.4 Å². The van der Waals surface area contributed by atoms with Gasteiger partial charge in [0, 0.05) is 37.6 Å². The Morgan fingerprint density at radius 2 is 2.06 bits per heavy atom. The number of imidazole rings is 1. The van der Waals surface area contributed by atoms with Crippen molar-refractivity contribution in [1.82, 2.24) is 24.7 Å². The quantitative estimate of drug-likeness (QED) is 0.395. The molecule has 1 atom stereocenters. The minimum absolute atomic E-state index is 0.118. The van der Waals surface area contributed by atoms with Gasteiger partial charge in [0.25, 0.3) is 5.91 Å². The van der Waals surface area contributed by atoms with E-state index < -0.39 is 5.60 Å². The van der Waals surface area contributed by atoms with Crippen LogP contribution in [0.15, 0.2) is 55.2 Å². The number of aromatic nitrogens is 4. The molecule has 2 aliphatic rings. The molecule has 10 heteroatoms. The molecule has 0 aliphatic carbocycles. The highest BCUT2D eigenvalue weighted by molar-refractivity contribution is 6.06. The number of carbonyl (C=O) groups excluding carboxylic acids is 1. The molecule has 1 aromatic carbocycles. The molecule has 5 heterocycles. The first kappa shape index (κ1) is 22.4. The van der Waals surface area contributed by atoms with Crippen LogP contribution in [0.25, 0.3) is 16.9 Å². The Kier molecular flexibility index (Phi) is 5.35. The molecular weight excluding hydrogens is 458 g/mol. The molecule has 3 N–H and O–H groups in total. The van der Waals surface area contributed by atoms with E-state index in [-0.39, 0.29) is 12.0 Å². The second kappa shape index (κ2) is 8.58. The number of rotatable bonds is 5. The fraction of sp³-hybridized carbons (Fsp3) is 0.308. The molecule has 1 fully saturated rings. The number of aliphatic hydroxyl groups is 1. The summed E-state index contributed by atoms with van der Waals surface area (Å²) < 4.78 is 7.70. The van der Waals surface area contributed by atoms with Gasteiger partial charge in [-0.3, -0.25) is 14.2 Å². The molecule has 0 radical (unpaired) electrons. The summed E-state index contributed by atoms with van der Waals surface area (Å²) in [6, 6.07) is 7.80. The summed E-state index contributed by atoms with van der Waals surface area (Å²) in [4.78, 5) is 28.1. The first-order chi connectivity index (χ1) is 17.4. The predicted molar refractivity (Wildman–Crippen MR) is 135 cm³/mol. The molecule has 10 nitrogen and oxygen atoms in total. The normalized spacial score (nSPS) is 17.8. The Morgan fingerprint density at radius 1 is 1.17 bits per heavy atom. The van der Waals surface area contributed by atoms with Crippen LogP contribution in [0.4, 0.5) is 17.2 Å². The van der Waals surface area contributed by atoms with E-state index in [0.29, 0.717) is 36.8 Å². The van der Waals surface area contributed by atoms with Crippen LogP contribution < -0.4 is 15.5 Å². The number of nitrogens with zero attached hydrogens (tertiary/aromatic N) is 5. The van der Waals surface area contributed by atoms with Crippen LogP contribution in [0, 0.1) is 0 Å². The number of anilines is 3. The largest absolute Gasteiger partial charge is 0.388 e. The van der Waals surface area contributed by atoms with Gasteiger partial charge in [-0.1, -0.05) is 6.07 Å². The number of pyridine rings is 1. The summed E-state index contributed by atoms with van der Waals surface area (Å²) in [6.07, 6.45) is 8.62. The van der Waals surface area contributed by atoms with Crippen molar-refractivity contribution < 1.29 is 14.6 Å². The lowest BCUT2D eigenvalue weighted by atomic mass is 9.99. The maximum atomic E-state index is 12.8. The number of morpholine rings is 1. The van der Waals surface area contributed by atoms with Crippen molar-refractivity contribution in [2.45, 2.75) is 32.1 Å². The van der Waals surface area contributed by atoms with Crippen molar-refractivity contribution in [1.29, 1.82) is 0 Å². The van der Waals surface area contributed by atoms with Gasteiger partial charge in [-0.25, -0.2) is 9.97 Å². The topological polar surface area (TPSA) is 117 Å². The zero-order valence-electron chi connectivity index (χ0n) is 20.1. The lowest BCUT2D eigenvalue weighted by molar-refractivity contribution is -0.0928. The fourth-order valence-corrected chi connectivity index (χ4v) is 4.83. The fourth-order valence-electron chi connectivity index (χ4n) is 4.83. The van der Waals surface area contributed by atoms with Gasteiger partial charge in [-0.15, -0.1) is 0 Å². The lowest BCUT2D eigenvalue weighted by Crippen LogP contribution is -2.52. The summed E-state index contributed by atoms with van der Waals surface area (Å²) in [7, 11) is 0. The van der Waals surface area contributed by atoms with Crippen LogP contribution in [-0.4, -0.2) is 61.8 Å². The molecular formula is C26H27N7O3. The third-order valence-electron chi connectivity index (χ3n) is 6.79. The zero-order chi connectivity index (χ0) is 24.9. The average molecular weight is 486 g/mol. The van der Waals surface area contributed by atoms with E-state index in [1.165, 1.54) is 0 Å². The average Bonchev–Trinajstić information content (AvgIpc) is 3.49. The third-order valence-corrected chi connectivity index (χ3v) is 6.79. The Balaban J connectivity index is 1.27. The zero-order valence-corrected chi connectivity index (χ0v) is 20.1. The standard InChI is InChI=1S/C26H27N7O3/c1-26(2,35)21-15-32(9-10-36-21)16-3-6-22(28-11-16)31-19-5-4-17(18-12-30-25(34)24(18)19)20-13-29-23-14-27-7-8-33(20)23/h3-8,11,13-14,21,35H,9-10,12,15H2,1-2H3,(H,28,31)(H,30,34). The van der Waals surface area contributed by atoms with Crippen molar-refractivity contribution in [3.05, 3.63) is 66.4 Å². The summed E-state index contributed by atoms with van der Waals surface area (Å²) in [5, 5.41) is 16.6.